The predicted molar refractivity (Wildman–Crippen MR) is 378 cm³/mol. The van der Waals surface area contributed by atoms with E-state index in [0.717, 1.165) is 27.9 Å². The molecule has 9 aromatic rings. The fourth-order valence-electron chi connectivity index (χ4n) is 7.59. The minimum atomic E-state index is -0.155. The molecule has 9 rings (SSSR count). The molecule has 0 bridgehead atoms. The van der Waals surface area contributed by atoms with Crippen LogP contribution in [0.15, 0.2) is 164 Å². The molecular formula is C81H105Cl2F2N. The van der Waals surface area contributed by atoms with Gasteiger partial charge in [-0.25, -0.2) is 8.78 Å². The van der Waals surface area contributed by atoms with Gasteiger partial charge in [-0.2, -0.15) is 0 Å². The Morgan fingerprint density at radius 3 is 0.872 bits per heavy atom. The van der Waals surface area contributed by atoms with Crippen LogP contribution in [-0.2, 0) is 10.8 Å². The summed E-state index contributed by atoms with van der Waals surface area (Å²) in [5.74, 6) is -0.270. The first-order chi connectivity index (χ1) is 39.8. The topological polar surface area (TPSA) is 12.9 Å². The van der Waals surface area contributed by atoms with Crippen molar-refractivity contribution in [2.45, 2.75) is 191 Å². The van der Waals surface area contributed by atoms with E-state index in [1.165, 1.54) is 113 Å². The molecule has 462 valence electrons. The third-order valence-corrected chi connectivity index (χ3v) is 16.0. The summed E-state index contributed by atoms with van der Waals surface area (Å²) in [7, 11) is 0. The fourth-order valence-corrected chi connectivity index (χ4v) is 8.03. The summed E-state index contributed by atoms with van der Waals surface area (Å²) in [5.41, 5.74) is 28.5. The van der Waals surface area contributed by atoms with Gasteiger partial charge in [-0.1, -0.05) is 197 Å². The van der Waals surface area contributed by atoms with E-state index < -0.39 is 0 Å². The quantitative estimate of drug-likeness (QED) is 0.147. The molecule has 8 aromatic carbocycles. The van der Waals surface area contributed by atoms with Gasteiger partial charge in [0.25, 0.3) is 0 Å². The maximum Gasteiger partial charge on any atom is 0.126 e. The Morgan fingerprint density at radius 2 is 0.605 bits per heavy atom. The van der Waals surface area contributed by atoms with Crippen LogP contribution in [0.5, 0.6) is 0 Å². The van der Waals surface area contributed by atoms with Crippen molar-refractivity contribution < 1.29 is 8.78 Å². The largest absolute Gasteiger partial charge is 0.261 e. The molecule has 1 aromatic heterocycles. The van der Waals surface area contributed by atoms with Gasteiger partial charge < -0.3 is 0 Å². The summed E-state index contributed by atoms with van der Waals surface area (Å²) in [6, 6.07) is 52.4. The van der Waals surface area contributed by atoms with Crippen molar-refractivity contribution in [1.82, 2.24) is 4.98 Å². The summed E-state index contributed by atoms with van der Waals surface area (Å²) in [6.07, 6.45) is 1.81. The van der Waals surface area contributed by atoms with Crippen molar-refractivity contribution in [2.24, 2.45) is 0 Å². The third kappa shape index (κ3) is 30.1. The number of hydrogen-bond donors (Lipinski definition) is 0. The van der Waals surface area contributed by atoms with Gasteiger partial charge in [-0.15, -0.1) is 0 Å². The second-order valence-corrected chi connectivity index (χ2v) is 25.8. The SMILES string of the molecule is Cc1cc(Cl)c(Cl)cc1C.Cc1ccc(C(C)(C)C)cc1C.Cc1ccc(C(C)(C)C)cc1C.Cc1ccc(C)c(C)c1.Cc1ccc(C)c(C)c1.Cc1ccc(F)cc1C.Cc1cccc(F)c1C.Cc1ccccc1C.Cc1cccnc1C. The molecule has 0 radical (unpaired) electrons. The van der Waals surface area contributed by atoms with Crippen molar-refractivity contribution in [3.8, 4) is 0 Å². The smallest absolute Gasteiger partial charge is 0.126 e. The van der Waals surface area contributed by atoms with E-state index in [9.17, 15) is 8.78 Å². The van der Waals surface area contributed by atoms with Gasteiger partial charge in [0.1, 0.15) is 11.6 Å². The van der Waals surface area contributed by atoms with E-state index in [1.54, 1.807) is 19.1 Å². The Labute approximate surface area is 532 Å². The van der Waals surface area contributed by atoms with E-state index in [4.69, 9.17) is 23.2 Å². The van der Waals surface area contributed by atoms with Crippen LogP contribution < -0.4 is 0 Å². The number of aryl methyl sites for hydroxylation is 19. The first-order valence-corrected chi connectivity index (χ1v) is 30.6. The van der Waals surface area contributed by atoms with Gasteiger partial charge in [0.15, 0.2) is 0 Å². The number of benzene rings is 8. The molecule has 0 N–H and O–H groups in total. The molecule has 86 heavy (non-hydrogen) atoms. The normalized spacial score (nSPS) is 10.2. The van der Waals surface area contributed by atoms with E-state index >= 15 is 0 Å². The van der Waals surface area contributed by atoms with Gasteiger partial charge in [-0.05, 0) is 291 Å². The summed E-state index contributed by atoms with van der Waals surface area (Å²) in [5, 5.41) is 1.26. The maximum atomic E-state index is 12.6. The Kier molecular flexibility index (Phi) is 34.0. The highest BCUT2D eigenvalue weighted by Gasteiger charge is 2.14. The molecule has 0 aliphatic carbocycles. The van der Waals surface area contributed by atoms with Crippen LogP contribution in [0.2, 0.25) is 10.0 Å². The summed E-state index contributed by atoms with van der Waals surface area (Å²) in [4.78, 5) is 4.08. The second kappa shape index (κ2) is 37.8. The number of halogens is 4. The highest BCUT2D eigenvalue weighted by molar-refractivity contribution is 6.42. The summed E-state index contributed by atoms with van der Waals surface area (Å²) < 4.78 is 24.9. The predicted octanol–water partition coefficient (Wildman–Crippen LogP) is 24.9. The molecule has 0 unspecified atom stereocenters. The van der Waals surface area contributed by atoms with Crippen LogP contribution in [0.25, 0.3) is 0 Å². The van der Waals surface area contributed by atoms with Crippen LogP contribution in [0.3, 0.4) is 0 Å². The Balaban J connectivity index is 0.000000485. The highest BCUT2D eigenvalue weighted by atomic mass is 35.5. The maximum absolute atomic E-state index is 12.6. The molecule has 0 atom stereocenters. The monoisotopic (exact) mass is 1200 g/mol. The molecule has 5 heteroatoms. The van der Waals surface area contributed by atoms with Crippen molar-refractivity contribution >= 4 is 23.2 Å². The number of pyridine rings is 1. The van der Waals surface area contributed by atoms with Crippen molar-refractivity contribution in [2.75, 3.05) is 0 Å². The van der Waals surface area contributed by atoms with Crippen molar-refractivity contribution in [1.29, 1.82) is 0 Å². The lowest BCUT2D eigenvalue weighted by Crippen LogP contribution is -2.11. The van der Waals surface area contributed by atoms with E-state index in [-0.39, 0.29) is 22.5 Å². The Morgan fingerprint density at radius 1 is 0.291 bits per heavy atom. The van der Waals surface area contributed by atoms with Gasteiger partial charge in [0.05, 0.1) is 10.0 Å². The number of aromatic nitrogens is 1. The summed E-state index contributed by atoms with van der Waals surface area (Å²) in [6.45, 7) is 54.8. The van der Waals surface area contributed by atoms with Gasteiger partial charge in [0, 0.05) is 11.9 Å². The van der Waals surface area contributed by atoms with E-state index in [0.29, 0.717) is 10.0 Å². The first-order valence-electron chi connectivity index (χ1n) is 29.9. The van der Waals surface area contributed by atoms with Gasteiger partial charge >= 0.3 is 0 Å². The van der Waals surface area contributed by atoms with Crippen molar-refractivity contribution in [3.63, 3.8) is 0 Å². The number of rotatable bonds is 0. The fraction of sp³-hybridized carbons (Fsp3) is 0.346. The Bertz CT molecular complexity index is 3160. The zero-order chi connectivity index (χ0) is 65.8. The first kappa shape index (κ1) is 77.4. The molecular weight excluding hydrogens is 1100 g/mol. The zero-order valence-electron chi connectivity index (χ0n) is 57.5. The zero-order valence-corrected chi connectivity index (χ0v) is 59.1. The van der Waals surface area contributed by atoms with E-state index in [2.05, 4.69) is 240 Å². The molecule has 0 spiro atoms. The van der Waals surface area contributed by atoms with Crippen LogP contribution in [-0.4, -0.2) is 4.98 Å². The second-order valence-electron chi connectivity index (χ2n) is 25.0. The molecule has 1 heterocycles. The van der Waals surface area contributed by atoms with Crippen LogP contribution in [0.4, 0.5) is 8.78 Å². The Hall–Kier alpha value is -6.65. The van der Waals surface area contributed by atoms with Gasteiger partial charge in [0.2, 0.25) is 0 Å². The molecule has 0 aliphatic heterocycles. The average Bonchev–Trinajstić information content (AvgIpc) is 3.52. The van der Waals surface area contributed by atoms with Crippen molar-refractivity contribution in [3.05, 3.63) is 308 Å². The van der Waals surface area contributed by atoms with Crippen LogP contribution >= 0.6 is 23.2 Å². The number of hydrogen-bond acceptors (Lipinski definition) is 1. The number of nitrogens with zero attached hydrogens (tertiary/aromatic N) is 1. The molecule has 0 saturated carbocycles. The molecule has 0 saturated heterocycles. The molecule has 0 fully saturated rings. The van der Waals surface area contributed by atoms with Crippen LogP contribution in [0, 0.1) is 150 Å². The third-order valence-electron chi connectivity index (χ3n) is 15.3. The molecule has 1 nitrogen and oxygen atoms in total. The van der Waals surface area contributed by atoms with Crippen LogP contribution in [0.1, 0.15) is 164 Å². The minimum absolute atomic E-state index is 0.116. The lowest BCUT2D eigenvalue weighted by molar-refractivity contribution is 0.589. The highest BCUT2D eigenvalue weighted by Crippen LogP contribution is 2.26. The average molecular weight is 1200 g/mol. The summed E-state index contributed by atoms with van der Waals surface area (Å²) >= 11 is 11.5. The minimum Gasteiger partial charge on any atom is -0.261 e. The van der Waals surface area contributed by atoms with Gasteiger partial charge in [-0.3, -0.25) is 4.98 Å². The lowest BCUT2D eigenvalue weighted by atomic mass is 9.85. The molecule has 0 amide bonds. The van der Waals surface area contributed by atoms with E-state index in [1.807, 2.05) is 72.0 Å². The lowest BCUT2D eigenvalue weighted by Gasteiger charge is -2.19. The standard InChI is InChI=1S/2C12H18.2C9H12.C8H8Cl2.2C8H9F.C8H10.C7H9N/c2*1-9-6-7-11(8-10(9)2)12(3,4)5;2*1-7-4-5-8(2)9(3)6-7;1-5-3-7(9)8(10)4-6(5)2;1-6-3-4-8(9)5-7(6)2;1-6-4-3-5-8(9)7(6)2;1-7-5-3-4-6-8(7)2;1-6-4-3-5-8-7(6)2/h2*6-8H,1-5H3;2*4-6H,1-3H3;3-4H,1-2H3;2*3-5H,1-2H3;3-6H,1-2H3;3-5H,1-2H3. The molecule has 0 aliphatic rings.